The quantitative estimate of drug-likeness (QED) is 0.448. The van der Waals surface area contributed by atoms with Crippen LogP contribution in [0.4, 0.5) is 0 Å². The normalized spacial score (nSPS) is 18.2. The number of rotatable bonds is 6. The topological polar surface area (TPSA) is 89.8 Å². The molecule has 9 heteroatoms. The molecule has 0 saturated carbocycles. The van der Waals surface area contributed by atoms with Crippen LogP contribution in [0, 0.1) is 0 Å². The number of hydrogen-bond acceptors (Lipinski definition) is 7. The van der Waals surface area contributed by atoms with Crippen LogP contribution in [-0.4, -0.2) is 43.1 Å². The molecule has 2 aliphatic rings. The molecule has 2 heterocycles. The Balaban J connectivity index is 1.66. The van der Waals surface area contributed by atoms with Gasteiger partial charge >= 0.3 is 5.97 Å². The first-order chi connectivity index (χ1) is 16.9. The molecule has 0 fully saturated rings. The van der Waals surface area contributed by atoms with Gasteiger partial charge in [-0.1, -0.05) is 15.9 Å². The SMILES string of the molecule is COc1ccc(C2=NN3[C@H](C2)c2cc(Br)ccc2O[C@@H]3c2ccc(OC)c(OC)c2C(=O)O)cc1. The fourth-order valence-corrected chi connectivity index (χ4v) is 4.97. The smallest absolute Gasteiger partial charge is 0.340 e. The number of aromatic carboxylic acids is 1. The Morgan fingerprint density at radius 3 is 2.46 bits per heavy atom. The van der Waals surface area contributed by atoms with E-state index in [1.54, 1.807) is 19.2 Å². The molecule has 0 aromatic heterocycles. The van der Waals surface area contributed by atoms with Crippen molar-refractivity contribution in [2.45, 2.75) is 18.7 Å². The highest BCUT2D eigenvalue weighted by molar-refractivity contribution is 9.10. The number of halogens is 1. The summed E-state index contributed by atoms with van der Waals surface area (Å²) in [6.45, 7) is 0. The van der Waals surface area contributed by atoms with E-state index in [4.69, 9.17) is 24.0 Å². The van der Waals surface area contributed by atoms with Crippen LogP contribution >= 0.6 is 15.9 Å². The van der Waals surface area contributed by atoms with E-state index in [2.05, 4.69) is 15.9 Å². The van der Waals surface area contributed by atoms with Crippen LogP contribution < -0.4 is 18.9 Å². The number of carboxylic acids is 1. The van der Waals surface area contributed by atoms with Crippen molar-refractivity contribution in [3.63, 3.8) is 0 Å². The van der Waals surface area contributed by atoms with Gasteiger partial charge < -0.3 is 24.1 Å². The average molecular weight is 539 g/mol. The largest absolute Gasteiger partial charge is 0.497 e. The zero-order valence-electron chi connectivity index (χ0n) is 19.3. The Morgan fingerprint density at radius 1 is 1.03 bits per heavy atom. The van der Waals surface area contributed by atoms with Crippen LogP contribution in [0.15, 0.2) is 64.2 Å². The van der Waals surface area contributed by atoms with Gasteiger partial charge in [-0.25, -0.2) is 9.80 Å². The zero-order valence-corrected chi connectivity index (χ0v) is 20.9. The minimum atomic E-state index is -1.14. The number of nitrogens with zero attached hydrogens (tertiary/aromatic N) is 2. The molecule has 0 unspecified atom stereocenters. The first kappa shape index (κ1) is 23.0. The first-order valence-electron chi connectivity index (χ1n) is 10.9. The van der Waals surface area contributed by atoms with Gasteiger partial charge in [0.2, 0.25) is 6.23 Å². The van der Waals surface area contributed by atoms with Crippen molar-refractivity contribution in [2.75, 3.05) is 21.3 Å². The summed E-state index contributed by atoms with van der Waals surface area (Å²) in [7, 11) is 4.51. The van der Waals surface area contributed by atoms with Crippen LogP contribution in [-0.2, 0) is 0 Å². The molecule has 0 radical (unpaired) electrons. The summed E-state index contributed by atoms with van der Waals surface area (Å²) in [5.41, 5.74) is 3.20. The molecule has 2 aliphatic heterocycles. The van der Waals surface area contributed by atoms with E-state index >= 15 is 0 Å². The van der Waals surface area contributed by atoms with Gasteiger partial charge in [0, 0.05) is 22.0 Å². The summed E-state index contributed by atoms with van der Waals surface area (Å²) in [5, 5.41) is 16.9. The summed E-state index contributed by atoms with van der Waals surface area (Å²) in [6, 6.07) is 16.7. The Morgan fingerprint density at radius 2 is 1.80 bits per heavy atom. The van der Waals surface area contributed by atoms with Gasteiger partial charge in [0.15, 0.2) is 11.5 Å². The molecular weight excluding hydrogens is 516 g/mol. The van der Waals surface area contributed by atoms with Crippen molar-refractivity contribution < 1.29 is 28.8 Å². The Hall–Kier alpha value is -3.72. The number of methoxy groups -OCH3 is 3. The summed E-state index contributed by atoms with van der Waals surface area (Å²) in [4.78, 5) is 12.4. The highest BCUT2D eigenvalue weighted by Gasteiger charge is 2.43. The molecule has 35 heavy (non-hydrogen) atoms. The van der Waals surface area contributed by atoms with Gasteiger partial charge in [0.25, 0.3) is 0 Å². The Bertz CT molecular complexity index is 1320. The second kappa shape index (κ2) is 9.14. The van der Waals surface area contributed by atoms with Crippen molar-refractivity contribution in [1.82, 2.24) is 5.01 Å². The molecule has 0 saturated heterocycles. The second-order valence-corrected chi connectivity index (χ2v) is 9.01. The fourth-order valence-electron chi connectivity index (χ4n) is 4.59. The van der Waals surface area contributed by atoms with Gasteiger partial charge in [0.1, 0.15) is 17.1 Å². The maximum atomic E-state index is 12.4. The van der Waals surface area contributed by atoms with Gasteiger partial charge in [-0.3, -0.25) is 0 Å². The van der Waals surface area contributed by atoms with E-state index < -0.39 is 12.2 Å². The predicted molar refractivity (Wildman–Crippen MR) is 133 cm³/mol. The third kappa shape index (κ3) is 3.95. The molecule has 180 valence electrons. The van der Waals surface area contributed by atoms with Gasteiger partial charge in [0.05, 0.1) is 33.1 Å². The van der Waals surface area contributed by atoms with Crippen molar-refractivity contribution in [3.05, 3.63) is 81.3 Å². The standard InChI is InChI=1S/C26H23BrN2O6/c1-32-16-7-4-14(5-8-16)19-13-20-18-12-15(27)6-10-21(18)35-25(29(20)28-19)17-9-11-22(33-2)24(34-3)23(17)26(30)31/h4-12,20,25H,13H2,1-3H3,(H,30,31)/t20-,25-/m1/s1. The number of ether oxygens (including phenoxy) is 4. The number of fused-ring (bicyclic) bond motifs is 3. The van der Waals surface area contributed by atoms with Gasteiger partial charge in [-0.15, -0.1) is 0 Å². The van der Waals surface area contributed by atoms with Crippen LogP contribution in [0.25, 0.3) is 0 Å². The lowest BCUT2D eigenvalue weighted by molar-refractivity contribution is -0.0199. The molecule has 3 aromatic rings. The summed E-state index contributed by atoms with van der Waals surface area (Å²) in [6.07, 6.45) is -0.152. The highest BCUT2D eigenvalue weighted by Crippen LogP contribution is 2.50. The van der Waals surface area contributed by atoms with E-state index in [9.17, 15) is 9.90 Å². The number of carboxylic acid groups (broad SMARTS) is 1. The lowest BCUT2D eigenvalue weighted by Crippen LogP contribution is -2.34. The van der Waals surface area contributed by atoms with Crippen molar-refractivity contribution in [2.24, 2.45) is 5.10 Å². The van der Waals surface area contributed by atoms with E-state index in [1.165, 1.54) is 14.2 Å². The lowest BCUT2D eigenvalue weighted by Gasteiger charge is -2.38. The van der Waals surface area contributed by atoms with Crippen LogP contribution in [0.2, 0.25) is 0 Å². The maximum absolute atomic E-state index is 12.4. The zero-order chi connectivity index (χ0) is 24.7. The van der Waals surface area contributed by atoms with Crippen LogP contribution in [0.3, 0.4) is 0 Å². The number of benzene rings is 3. The first-order valence-corrected chi connectivity index (χ1v) is 11.7. The molecule has 8 nitrogen and oxygen atoms in total. The fraction of sp³-hybridized carbons (Fsp3) is 0.231. The number of hydrogen-bond donors (Lipinski definition) is 1. The molecule has 5 rings (SSSR count). The van der Waals surface area contributed by atoms with E-state index in [1.807, 2.05) is 47.5 Å². The summed E-state index contributed by atoms with van der Waals surface area (Å²) in [5.74, 6) is 0.761. The molecular formula is C26H23BrN2O6. The summed E-state index contributed by atoms with van der Waals surface area (Å²) < 4.78 is 23.4. The molecule has 0 spiro atoms. The van der Waals surface area contributed by atoms with Crippen LogP contribution in [0.5, 0.6) is 23.0 Å². The molecule has 2 atom stereocenters. The number of carbonyl (C=O) groups is 1. The Kier molecular flexibility index (Phi) is 6.02. The van der Waals surface area contributed by atoms with Gasteiger partial charge in [-0.05, 0) is 60.2 Å². The van der Waals surface area contributed by atoms with Crippen molar-refractivity contribution in [1.29, 1.82) is 0 Å². The second-order valence-electron chi connectivity index (χ2n) is 8.10. The molecule has 1 N–H and O–H groups in total. The molecule has 0 amide bonds. The monoisotopic (exact) mass is 538 g/mol. The lowest BCUT2D eigenvalue weighted by atomic mass is 9.95. The number of hydrazone groups is 1. The Labute approximate surface area is 210 Å². The van der Waals surface area contributed by atoms with E-state index in [-0.39, 0.29) is 17.4 Å². The van der Waals surface area contributed by atoms with Crippen molar-refractivity contribution >= 4 is 27.6 Å². The van der Waals surface area contributed by atoms with E-state index in [0.29, 0.717) is 23.5 Å². The third-order valence-electron chi connectivity index (χ3n) is 6.23. The minimum absolute atomic E-state index is 0.0238. The molecule has 0 bridgehead atoms. The van der Waals surface area contributed by atoms with Crippen molar-refractivity contribution in [3.8, 4) is 23.0 Å². The minimum Gasteiger partial charge on any atom is -0.497 e. The average Bonchev–Trinajstić information content (AvgIpc) is 3.33. The van der Waals surface area contributed by atoms with Gasteiger partial charge in [-0.2, -0.15) is 5.10 Å². The highest BCUT2D eigenvalue weighted by atomic mass is 79.9. The predicted octanol–water partition coefficient (Wildman–Crippen LogP) is 5.42. The van der Waals surface area contributed by atoms with E-state index in [0.717, 1.165) is 27.1 Å². The molecule has 3 aromatic carbocycles. The maximum Gasteiger partial charge on any atom is 0.340 e. The molecule has 0 aliphatic carbocycles. The van der Waals surface area contributed by atoms with Crippen LogP contribution in [0.1, 0.15) is 45.7 Å². The third-order valence-corrected chi connectivity index (χ3v) is 6.73. The summed E-state index contributed by atoms with van der Waals surface area (Å²) >= 11 is 3.56.